The molecule has 1 aromatic rings. The zero-order chi connectivity index (χ0) is 12.2. The third kappa shape index (κ3) is 5.50. The number of nitrogens with two attached hydrogens (primary N) is 1. The van der Waals surface area contributed by atoms with Crippen molar-refractivity contribution in [1.82, 2.24) is 0 Å². The van der Waals surface area contributed by atoms with E-state index in [2.05, 4.69) is 4.99 Å². The molecule has 0 saturated heterocycles. The lowest BCUT2D eigenvalue weighted by Gasteiger charge is -1.97. The molecule has 1 rings (SSSR count). The molecule has 8 heteroatoms. The maximum Gasteiger partial charge on any atom is 0.320 e. The maximum absolute atomic E-state index is 10.4. The molecule has 0 aliphatic carbocycles. The van der Waals surface area contributed by atoms with Crippen molar-refractivity contribution in [2.75, 3.05) is 5.75 Å². The number of hydrogen-bond donors (Lipinski definition) is 2. The molecular formula is C8H12N2O3S3. The molecule has 0 atom stereocenters. The van der Waals surface area contributed by atoms with Crippen LogP contribution in [0.4, 0.5) is 0 Å². The summed E-state index contributed by atoms with van der Waals surface area (Å²) < 4.78 is 29.3. The van der Waals surface area contributed by atoms with Crippen LogP contribution < -0.4 is 5.73 Å². The van der Waals surface area contributed by atoms with E-state index in [-0.39, 0.29) is 11.6 Å². The number of hydrogen-bond acceptors (Lipinski definition) is 5. The molecule has 0 radical (unpaired) electrons. The smallest absolute Gasteiger partial charge is 0.320 e. The number of aliphatic imine (C=N–C) groups is 1. The molecule has 90 valence electrons. The molecule has 5 nitrogen and oxygen atoms in total. The van der Waals surface area contributed by atoms with Crippen LogP contribution in [0, 0.1) is 6.92 Å². The summed E-state index contributed by atoms with van der Waals surface area (Å²) in [5.41, 5.74) is 5.49. The highest BCUT2D eigenvalue weighted by Gasteiger charge is 2.06. The number of rotatable bonds is 5. The topological polar surface area (TPSA) is 92.8 Å². The predicted molar refractivity (Wildman–Crippen MR) is 68.4 cm³/mol. The number of aryl methyl sites for hydroxylation is 1. The van der Waals surface area contributed by atoms with Gasteiger partial charge in [-0.05, 0) is 19.1 Å². The highest BCUT2D eigenvalue weighted by Crippen LogP contribution is 2.16. The molecule has 0 aromatic carbocycles. The third-order valence-electron chi connectivity index (χ3n) is 1.59. The number of nitrogens with zero attached hydrogens (tertiary/aromatic N) is 1. The molecule has 0 aliphatic rings. The Morgan fingerprint density at radius 2 is 2.31 bits per heavy atom. The van der Waals surface area contributed by atoms with Crippen LogP contribution in [-0.4, -0.2) is 24.6 Å². The molecule has 0 aliphatic heterocycles. The molecule has 0 unspecified atom stereocenters. The van der Waals surface area contributed by atoms with Gasteiger partial charge in [0.25, 0.3) is 0 Å². The Labute approximate surface area is 102 Å². The average molecular weight is 280 g/mol. The van der Waals surface area contributed by atoms with E-state index in [0.717, 1.165) is 4.88 Å². The lowest BCUT2D eigenvalue weighted by atomic mass is 10.4. The van der Waals surface area contributed by atoms with E-state index in [9.17, 15) is 8.42 Å². The molecule has 3 N–H and O–H groups in total. The predicted octanol–water partition coefficient (Wildman–Crippen LogP) is 1.45. The summed E-state index contributed by atoms with van der Waals surface area (Å²) in [7, 11) is -3.68. The number of amidine groups is 1. The van der Waals surface area contributed by atoms with Gasteiger partial charge >= 0.3 is 9.15 Å². The van der Waals surface area contributed by atoms with E-state index in [1.54, 1.807) is 11.3 Å². The van der Waals surface area contributed by atoms with Gasteiger partial charge in [0.05, 0.1) is 12.3 Å². The summed E-state index contributed by atoms with van der Waals surface area (Å²) in [6.07, 6.45) is 0. The maximum atomic E-state index is 10.4. The molecule has 16 heavy (non-hydrogen) atoms. The summed E-state index contributed by atoms with van der Waals surface area (Å²) in [6, 6.07) is 3.94. The monoisotopic (exact) mass is 280 g/mol. The molecular weight excluding hydrogens is 268 g/mol. The van der Waals surface area contributed by atoms with Crippen LogP contribution in [0.1, 0.15) is 9.75 Å². The van der Waals surface area contributed by atoms with Crippen molar-refractivity contribution >= 4 is 37.1 Å². The first-order chi connectivity index (χ1) is 7.37. The SMILES string of the molecule is Cc1ccc(CN=C(N)CSS(=O)(=O)O)s1. The van der Waals surface area contributed by atoms with Gasteiger partial charge in [-0.25, -0.2) is 0 Å². The van der Waals surface area contributed by atoms with Crippen molar-refractivity contribution in [3.05, 3.63) is 21.9 Å². The Kier molecular flexibility index (Phi) is 4.78. The van der Waals surface area contributed by atoms with Gasteiger partial charge in [-0.15, -0.1) is 11.3 Å². The third-order valence-corrected chi connectivity index (χ3v) is 4.53. The van der Waals surface area contributed by atoms with Gasteiger partial charge < -0.3 is 5.73 Å². The van der Waals surface area contributed by atoms with Gasteiger partial charge in [-0.2, -0.15) is 8.42 Å². The minimum atomic E-state index is -4.04. The highest BCUT2D eigenvalue weighted by molar-refractivity contribution is 8.70. The van der Waals surface area contributed by atoms with Gasteiger partial charge in [-0.1, -0.05) is 0 Å². The van der Waals surface area contributed by atoms with E-state index < -0.39 is 9.15 Å². The summed E-state index contributed by atoms with van der Waals surface area (Å²) in [5.74, 6) is 0.178. The lowest BCUT2D eigenvalue weighted by molar-refractivity contribution is 0.503. The minimum absolute atomic E-state index is 0.0246. The van der Waals surface area contributed by atoms with Gasteiger partial charge in [0, 0.05) is 20.5 Å². The first kappa shape index (κ1) is 13.5. The Hall–Kier alpha value is -0.570. The van der Waals surface area contributed by atoms with E-state index in [0.29, 0.717) is 17.3 Å². The fourth-order valence-electron chi connectivity index (χ4n) is 0.930. The van der Waals surface area contributed by atoms with Gasteiger partial charge in [0.1, 0.15) is 5.84 Å². The Balaban J connectivity index is 2.45. The lowest BCUT2D eigenvalue weighted by Crippen LogP contribution is -2.16. The summed E-state index contributed by atoms with van der Waals surface area (Å²) in [6.45, 7) is 2.44. The molecule has 0 amide bonds. The van der Waals surface area contributed by atoms with Crippen LogP contribution in [-0.2, 0) is 15.7 Å². The number of thiophene rings is 1. The first-order valence-corrected chi connectivity index (χ1v) is 8.08. The Morgan fingerprint density at radius 3 is 2.81 bits per heavy atom. The minimum Gasteiger partial charge on any atom is -0.387 e. The quantitative estimate of drug-likeness (QED) is 0.368. The molecule has 0 saturated carbocycles. The van der Waals surface area contributed by atoms with Gasteiger partial charge in [0.15, 0.2) is 0 Å². The van der Waals surface area contributed by atoms with E-state index in [1.807, 2.05) is 19.1 Å². The summed E-state index contributed by atoms with van der Waals surface area (Å²) in [4.78, 5) is 6.28. The molecule has 0 spiro atoms. The van der Waals surface area contributed by atoms with Crippen molar-refractivity contribution in [2.24, 2.45) is 10.7 Å². The molecule has 1 aromatic heterocycles. The first-order valence-electron chi connectivity index (χ1n) is 4.33. The van der Waals surface area contributed by atoms with E-state index >= 15 is 0 Å². The zero-order valence-electron chi connectivity index (χ0n) is 8.58. The van der Waals surface area contributed by atoms with Crippen molar-refractivity contribution in [3.8, 4) is 0 Å². The van der Waals surface area contributed by atoms with Crippen LogP contribution in [0.25, 0.3) is 0 Å². The second-order valence-corrected chi connectivity index (χ2v) is 7.73. The van der Waals surface area contributed by atoms with Crippen LogP contribution in [0.3, 0.4) is 0 Å². The van der Waals surface area contributed by atoms with Crippen molar-refractivity contribution in [2.45, 2.75) is 13.5 Å². The molecule has 0 bridgehead atoms. The van der Waals surface area contributed by atoms with E-state index in [4.69, 9.17) is 10.3 Å². The zero-order valence-corrected chi connectivity index (χ0v) is 11.0. The second-order valence-electron chi connectivity index (χ2n) is 3.01. The normalized spacial score (nSPS) is 13.0. The average Bonchev–Trinajstić information content (AvgIpc) is 2.57. The van der Waals surface area contributed by atoms with E-state index in [1.165, 1.54) is 4.88 Å². The molecule has 0 fully saturated rings. The van der Waals surface area contributed by atoms with Crippen LogP contribution in [0.15, 0.2) is 17.1 Å². The Bertz CT molecular complexity index is 478. The fourth-order valence-corrected chi connectivity index (χ4v) is 2.91. The van der Waals surface area contributed by atoms with Gasteiger partial charge in [-0.3, -0.25) is 9.55 Å². The van der Waals surface area contributed by atoms with Crippen molar-refractivity contribution in [1.29, 1.82) is 0 Å². The second kappa shape index (κ2) is 5.67. The van der Waals surface area contributed by atoms with Crippen molar-refractivity contribution < 1.29 is 13.0 Å². The Morgan fingerprint density at radius 1 is 1.62 bits per heavy atom. The fraction of sp³-hybridized carbons (Fsp3) is 0.375. The van der Waals surface area contributed by atoms with Gasteiger partial charge in [0.2, 0.25) is 0 Å². The van der Waals surface area contributed by atoms with Crippen LogP contribution >= 0.6 is 22.1 Å². The largest absolute Gasteiger partial charge is 0.387 e. The molecule has 1 heterocycles. The summed E-state index contributed by atoms with van der Waals surface area (Å²) >= 11 is 1.62. The highest BCUT2D eigenvalue weighted by atomic mass is 33.1. The standard InChI is InChI=1S/C8H12N2O3S3/c1-6-2-3-7(15-6)4-10-8(9)5-14-16(11,12)13/h2-3H,4-5H2,1H3,(H2,9,10)(H,11,12,13). The van der Waals surface area contributed by atoms with Crippen LogP contribution in [0.2, 0.25) is 0 Å². The van der Waals surface area contributed by atoms with Crippen molar-refractivity contribution in [3.63, 3.8) is 0 Å². The summed E-state index contributed by atoms with van der Waals surface area (Å²) in [5, 5.41) is 0. The van der Waals surface area contributed by atoms with Crippen LogP contribution in [0.5, 0.6) is 0 Å².